The van der Waals surface area contributed by atoms with Gasteiger partial charge in [0.2, 0.25) is 11.8 Å². The van der Waals surface area contributed by atoms with Crippen molar-refractivity contribution in [2.75, 3.05) is 20.6 Å². The fraction of sp³-hybridized carbons (Fsp3) is 0.818. The molecule has 0 aromatic carbocycles. The van der Waals surface area contributed by atoms with Gasteiger partial charge in [0.25, 0.3) is 0 Å². The minimum absolute atomic E-state index is 0.101. The second-order valence-corrected chi connectivity index (χ2v) is 4.94. The molecule has 1 unspecified atom stereocenters. The molecule has 0 aromatic rings. The Kier molecular flexibility index (Phi) is 2.99. The van der Waals surface area contributed by atoms with Gasteiger partial charge in [-0.25, -0.2) is 0 Å². The predicted molar refractivity (Wildman–Crippen MR) is 57.5 cm³/mol. The van der Waals surface area contributed by atoms with Gasteiger partial charge in [0.15, 0.2) is 0 Å². The topological polar surface area (TPSA) is 60.9 Å². The van der Waals surface area contributed by atoms with Gasteiger partial charge >= 0.3 is 0 Å². The van der Waals surface area contributed by atoms with Crippen LogP contribution in [-0.2, 0) is 9.59 Å². The van der Waals surface area contributed by atoms with Crippen molar-refractivity contribution in [3.8, 4) is 0 Å². The molecular weight excluding hydrogens is 208 g/mol. The van der Waals surface area contributed by atoms with Crippen LogP contribution in [0.3, 0.4) is 0 Å². The summed E-state index contributed by atoms with van der Waals surface area (Å²) in [5.41, 5.74) is 0. The van der Waals surface area contributed by atoms with Gasteiger partial charge in [0.05, 0.1) is 18.6 Å². The number of carbonyl (C=O) groups excluding carboxylic acids is 2. The number of amides is 2. The Bertz CT molecular complexity index is 312. The molecule has 1 atom stereocenters. The molecule has 1 aliphatic heterocycles. The van der Waals surface area contributed by atoms with Crippen LogP contribution in [0.2, 0.25) is 0 Å². The molecule has 2 amide bonds. The van der Waals surface area contributed by atoms with Crippen LogP contribution in [0.15, 0.2) is 0 Å². The van der Waals surface area contributed by atoms with E-state index in [4.69, 9.17) is 0 Å². The number of likely N-dealkylation sites (tertiary alicyclic amines) is 1. The number of rotatable bonds is 3. The van der Waals surface area contributed by atoms with Crippen molar-refractivity contribution in [2.24, 2.45) is 5.92 Å². The van der Waals surface area contributed by atoms with Gasteiger partial charge in [-0.1, -0.05) is 0 Å². The van der Waals surface area contributed by atoms with E-state index < -0.39 is 0 Å². The van der Waals surface area contributed by atoms with Crippen molar-refractivity contribution in [3.05, 3.63) is 0 Å². The maximum Gasteiger partial charge on any atom is 0.246 e. The van der Waals surface area contributed by atoms with Gasteiger partial charge < -0.3 is 5.11 Å². The molecule has 1 N–H and O–H groups in total. The predicted octanol–water partition coefficient (Wildman–Crippen LogP) is -0.554. The van der Waals surface area contributed by atoms with Gasteiger partial charge in [-0.2, -0.15) is 0 Å². The summed E-state index contributed by atoms with van der Waals surface area (Å²) in [4.78, 5) is 26.2. The Morgan fingerprint density at radius 1 is 1.44 bits per heavy atom. The maximum absolute atomic E-state index is 11.7. The number of hydrogen-bond acceptors (Lipinski definition) is 4. The second-order valence-electron chi connectivity index (χ2n) is 4.94. The summed E-state index contributed by atoms with van der Waals surface area (Å²) >= 11 is 0. The molecule has 1 heterocycles. The lowest BCUT2D eigenvalue weighted by molar-refractivity contribution is -0.138. The SMILES string of the molecule is CN1C(=O)CC(N(C)CC2CC(O)C2)C1=O. The van der Waals surface area contributed by atoms with Crippen molar-refractivity contribution < 1.29 is 14.7 Å². The number of nitrogens with zero attached hydrogens (tertiary/aromatic N) is 2. The monoisotopic (exact) mass is 226 g/mol. The molecule has 16 heavy (non-hydrogen) atoms. The lowest BCUT2D eigenvalue weighted by Crippen LogP contribution is -2.44. The lowest BCUT2D eigenvalue weighted by atomic mass is 9.82. The van der Waals surface area contributed by atoms with Gasteiger partial charge in [0, 0.05) is 13.6 Å². The van der Waals surface area contributed by atoms with Crippen LogP contribution < -0.4 is 0 Å². The normalized spacial score (nSPS) is 34.8. The van der Waals surface area contributed by atoms with Gasteiger partial charge in [0.1, 0.15) is 0 Å². The van der Waals surface area contributed by atoms with Gasteiger partial charge in [-0.3, -0.25) is 19.4 Å². The summed E-state index contributed by atoms with van der Waals surface area (Å²) in [5, 5.41) is 9.18. The highest BCUT2D eigenvalue weighted by atomic mass is 16.3. The van der Waals surface area contributed by atoms with Crippen molar-refractivity contribution in [1.29, 1.82) is 0 Å². The van der Waals surface area contributed by atoms with E-state index in [0.717, 1.165) is 19.4 Å². The van der Waals surface area contributed by atoms with E-state index in [1.54, 1.807) is 0 Å². The average molecular weight is 226 g/mol. The number of imide groups is 1. The third-order valence-electron chi connectivity index (χ3n) is 3.65. The summed E-state index contributed by atoms with van der Waals surface area (Å²) in [6.45, 7) is 0.786. The molecule has 0 spiro atoms. The Labute approximate surface area is 95.0 Å². The Morgan fingerprint density at radius 3 is 2.50 bits per heavy atom. The Morgan fingerprint density at radius 2 is 2.06 bits per heavy atom. The number of carbonyl (C=O) groups is 2. The van der Waals surface area contributed by atoms with E-state index in [9.17, 15) is 14.7 Å². The smallest absolute Gasteiger partial charge is 0.246 e. The fourth-order valence-electron chi connectivity index (χ4n) is 2.46. The maximum atomic E-state index is 11.7. The van der Waals surface area contributed by atoms with Crippen LogP contribution in [0.5, 0.6) is 0 Å². The molecule has 1 aliphatic carbocycles. The molecule has 0 aromatic heterocycles. The lowest BCUT2D eigenvalue weighted by Gasteiger charge is -2.35. The molecule has 0 bridgehead atoms. The number of aliphatic hydroxyl groups excluding tert-OH is 1. The molecule has 0 radical (unpaired) electrons. The largest absolute Gasteiger partial charge is 0.393 e. The first-order valence-electron chi connectivity index (χ1n) is 5.67. The van der Waals surface area contributed by atoms with E-state index in [1.807, 2.05) is 11.9 Å². The van der Waals surface area contributed by atoms with E-state index >= 15 is 0 Å². The highest BCUT2D eigenvalue weighted by molar-refractivity contribution is 6.05. The molecule has 1 saturated carbocycles. The molecule has 5 heteroatoms. The third kappa shape index (κ3) is 1.97. The first kappa shape index (κ1) is 11.5. The van der Waals surface area contributed by atoms with E-state index in [2.05, 4.69) is 0 Å². The highest BCUT2D eigenvalue weighted by Crippen LogP contribution is 2.29. The zero-order valence-electron chi connectivity index (χ0n) is 9.72. The van der Waals surface area contributed by atoms with Gasteiger partial charge in [-0.15, -0.1) is 0 Å². The molecular formula is C11H18N2O3. The quantitative estimate of drug-likeness (QED) is 0.656. The van der Waals surface area contributed by atoms with Crippen molar-refractivity contribution in [3.63, 3.8) is 0 Å². The first-order valence-corrected chi connectivity index (χ1v) is 5.67. The van der Waals surface area contributed by atoms with Crippen LogP contribution in [0.25, 0.3) is 0 Å². The van der Waals surface area contributed by atoms with Crippen LogP contribution >= 0.6 is 0 Å². The number of likely N-dealkylation sites (N-methyl/N-ethyl adjacent to an activating group) is 2. The van der Waals surface area contributed by atoms with Crippen LogP contribution in [0.1, 0.15) is 19.3 Å². The molecule has 2 aliphatic rings. The molecule has 1 saturated heterocycles. The molecule has 5 nitrogen and oxygen atoms in total. The van der Waals surface area contributed by atoms with Gasteiger partial charge in [-0.05, 0) is 25.8 Å². The fourth-order valence-corrected chi connectivity index (χ4v) is 2.46. The van der Waals surface area contributed by atoms with E-state index in [0.29, 0.717) is 12.3 Å². The molecule has 2 rings (SSSR count). The number of aliphatic hydroxyl groups is 1. The summed E-state index contributed by atoms with van der Waals surface area (Å²) in [6.07, 6.45) is 1.76. The van der Waals surface area contributed by atoms with E-state index in [-0.39, 0.29) is 24.0 Å². The van der Waals surface area contributed by atoms with Crippen molar-refractivity contribution in [1.82, 2.24) is 9.80 Å². The molecule has 2 fully saturated rings. The van der Waals surface area contributed by atoms with Crippen LogP contribution in [0, 0.1) is 5.92 Å². The zero-order chi connectivity index (χ0) is 11.9. The average Bonchev–Trinajstić information content (AvgIpc) is 2.44. The standard InChI is InChI=1S/C11H18N2O3/c1-12(6-7-3-8(14)4-7)9-5-10(15)13(2)11(9)16/h7-9,14H,3-6H2,1-2H3. The van der Waals surface area contributed by atoms with Crippen molar-refractivity contribution >= 4 is 11.8 Å². The Balaban J connectivity index is 1.88. The highest BCUT2D eigenvalue weighted by Gasteiger charge is 2.40. The first-order chi connectivity index (χ1) is 7.49. The van der Waals surface area contributed by atoms with Crippen LogP contribution in [-0.4, -0.2) is 59.5 Å². The summed E-state index contributed by atoms with van der Waals surface area (Å²) in [6, 6.07) is -0.296. The summed E-state index contributed by atoms with van der Waals surface area (Å²) < 4.78 is 0. The van der Waals surface area contributed by atoms with E-state index in [1.165, 1.54) is 11.9 Å². The van der Waals surface area contributed by atoms with Crippen LogP contribution in [0.4, 0.5) is 0 Å². The summed E-state index contributed by atoms with van der Waals surface area (Å²) in [7, 11) is 3.41. The Hall–Kier alpha value is -0.940. The number of hydrogen-bond donors (Lipinski definition) is 1. The molecule has 90 valence electrons. The minimum atomic E-state index is -0.296. The second kappa shape index (κ2) is 4.14. The third-order valence-corrected chi connectivity index (χ3v) is 3.65. The zero-order valence-corrected chi connectivity index (χ0v) is 9.72. The summed E-state index contributed by atoms with van der Waals surface area (Å²) in [5.74, 6) is 0.261. The minimum Gasteiger partial charge on any atom is -0.393 e. The van der Waals surface area contributed by atoms with Crippen molar-refractivity contribution in [2.45, 2.75) is 31.4 Å².